The fourth-order valence-electron chi connectivity index (χ4n) is 6.38. The number of hydrogen-bond donors (Lipinski definition) is 0. The molecule has 8 nitrogen and oxygen atoms in total. The fourth-order valence-corrected chi connectivity index (χ4v) is 6.38. The molecule has 0 unspecified atom stereocenters. The summed E-state index contributed by atoms with van der Waals surface area (Å²) >= 11 is 0. The van der Waals surface area contributed by atoms with Crippen LogP contribution in [0.5, 0.6) is 0 Å². The second-order valence-corrected chi connectivity index (χ2v) is 12.6. The fraction of sp³-hybridized carbons (Fsp3) is 0.576. The monoisotopic (exact) mass is 722 g/mol. The first kappa shape index (κ1) is 38.7. The molecule has 3 aromatic rings. The van der Waals surface area contributed by atoms with E-state index in [9.17, 15) is 44.3 Å². The number of nitrogens with zero attached hydrogens (tertiary/aromatic N) is 6. The van der Waals surface area contributed by atoms with E-state index < -0.39 is 53.9 Å². The van der Waals surface area contributed by atoms with Crippen LogP contribution in [-0.2, 0) is 48.2 Å². The van der Waals surface area contributed by atoms with Gasteiger partial charge < -0.3 is 14.5 Å². The highest BCUT2D eigenvalue weighted by molar-refractivity contribution is 5.69. The molecule has 0 N–H and O–H groups in total. The first-order chi connectivity index (χ1) is 23.3. The van der Waals surface area contributed by atoms with Crippen molar-refractivity contribution < 1.29 is 49.0 Å². The number of carbonyl (C=O) groups excluding carboxylic acids is 1. The number of alkyl halides is 9. The van der Waals surface area contributed by atoms with Gasteiger partial charge in [0.15, 0.2) is 0 Å². The molecule has 17 heteroatoms. The summed E-state index contributed by atoms with van der Waals surface area (Å²) in [5.74, 6) is -0.127. The van der Waals surface area contributed by atoms with Gasteiger partial charge in [-0.05, 0) is 111 Å². The molecule has 0 saturated heterocycles. The summed E-state index contributed by atoms with van der Waals surface area (Å²) in [6.45, 7) is 5.07. The highest BCUT2D eigenvalue weighted by Gasteiger charge is 2.38. The number of anilines is 2. The summed E-state index contributed by atoms with van der Waals surface area (Å²) in [6.07, 6.45) is -11.5. The highest BCUT2D eigenvalue weighted by atomic mass is 19.4. The molecule has 1 aliphatic rings. The number of halogens is 9. The lowest BCUT2D eigenvalue weighted by Gasteiger charge is -2.35. The summed E-state index contributed by atoms with van der Waals surface area (Å²) in [6, 6.07) is 3.49. The molecular weight excluding hydrogens is 683 g/mol. The molecule has 0 spiro atoms. The largest absolute Gasteiger partial charge is 0.466 e. The van der Waals surface area contributed by atoms with E-state index in [0.29, 0.717) is 43.9 Å². The minimum absolute atomic E-state index is 0.00549. The van der Waals surface area contributed by atoms with Crippen LogP contribution in [0.3, 0.4) is 0 Å². The van der Waals surface area contributed by atoms with Crippen LogP contribution in [0.25, 0.3) is 0 Å². The van der Waals surface area contributed by atoms with E-state index >= 15 is 0 Å². The van der Waals surface area contributed by atoms with Crippen molar-refractivity contribution in [3.8, 4) is 0 Å². The van der Waals surface area contributed by atoms with Gasteiger partial charge in [0, 0.05) is 38.3 Å². The standard InChI is InChI=1S/C33H39F9N6O2/c1-5-47(17-22-9-7-21(8-10-22)14-29(49)50-6-2)28-11-20(3)27(33(40,41)42)15-24(28)19-48(30-43-45-46(4)44-30)18-23-12-25(31(34,35)36)16-26(13-23)32(37,38)39/h11-13,15-16,21-22H,5-10,14,17-19H2,1-4H3. The number of hydrogen-bond acceptors (Lipinski definition) is 7. The number of benzene rings is 2. The Bertz CT molecular complexity index is 1580. The number of aryl methyl sites for hydroxylation is 2. The first-order valence-corrected chi connectivity index (χ1v) is 16.2. The van der Waals surface area contributed by atoms with Crippen molar-refractivity contribution >= 4 is 17.6 Å². The summed E-state index contributed by atoms with van der Waals surface area (Å²) < 4.78 is 130. The molecule has 1 saturated carbocycles. The van der Waals surface area contributed by atoms with Crippen LogP contribution in [0.4, 0.5) is 51.1 Å². The van der Waals surface area contributed by atoms with Gasteiger partial charge >= 0.3 is 24.5 Å². The van der Waals surface area contributed by atoms with E-state index in [1.165, 1.54) is 24.9 Å². The third-order valence-corrected chi connectivity index (χ3v) is 8.82. The molecule has 0 atom stereocenters. The number of esters is 1. The van der Waals surface area contributed by atoms with E-state index in [2.05, 4.69) is 15.4 Å². The van der Waals surface area contributed by atoms with Crippen molar-refractivity contribution in [2.24, 2.45) is 18.9 Å². The maximum absolute atomic E-state index is 14.2. The molecule has 276 valence electrons. The zero-order valence-corrected chi connectivity index (χ0v) is 28.0. The lowest BCUT2D eigenvalue weighted by molar-refractivity contribution is -0.145. The molecule has 0 aliphatic heterocycles. The molecule has 1 aromatic heterocycles. The Kier molecular flexibility index (Phi) is 12.0. The van der Waals surface area contributed by atoms with Crippen LogP contribution in [0.2, 0.25) is 0 Å². The van der Waals surface area contributed by atoms with Gasteiger partial charge in [-0.15, -0.1) is 5.10 Å². The van der Waals surface area contributed by atoms with Gasteiger partial charge in [0.2, 0.25) is 0 Å². The van der Waals surface area contributed by atoms with E-state index in [1.807, 2.05) is 11.8 Å². The Morgan fingerprint density at radius 3 is 1.94 bits per heavy atom. The van der Waals surface area contributed by atoms with Crippen LogP contribution >= 0.6 is 0 Å². The zero-order chi connectivity index (χ0) is 37.0. The van der Waals surface area contributed by atoms with Gasteiger partial charge in [0.05, 0.1) is 30.3 Å². The first-order valence-electron chi connectivity index (χ1n) is 16.2. The van der Waals surface area contributed by atoms with Gasteiger partial charge in [-0.25, -0.2) is 0 Å². The van der Waals surface area contributed by atoms with E-state index in [0.717, 1.165) is 36.5 Å². The molecular formula is C33H39F9N6O2. The second-order valence-electron chi connectivity index (χ2n) is 12.6. The van der Waals surface area contributed by atoms with Crippen molar-refractivity contribution in [1.82, 2.24) is 20.2 Å². The lowest BCUT2D eigenvalue weighted by Crippen LogP contribution is -2.34. The maximum Gasteiger partial charge on any atom is 0.416 e. The summed E-state index contributed by atoms with van der Waals surface area (Å²) in [5, 5.41) is 11.7. The normalized spacial score (nSPS) is 17.1. The number of carbonyl (C=O) groups is 1. The topological polar surface area (TPSA) is 76.4 Å². The molecule has 1 heterocycles. The average Bonchev–Trinajstić information content (AvgIpc) is 3.45. The zero-order valence-electron chi connectivity index (χ0n) is 28.0. The Labute approximate surface area is 283 Å². The predicted molar refractivity (Wildman–Crippen MR) is 166 cm³/mol. The Hall–Kier alpha value is -4.05. The average molecular weight is 723 g/mol. The highest BCUT2D eigenvalue weighted by Crippen LogP contribution is 2.40. The van der Waals surface area contributed by atoms with Gasteiger partial charge in [-0.3, -0.25) is 4.79 Å². The third kappa shape index (κ3) is 10.0. The smallest absolute Gasteiger partial charge is 0.416 e. The Morgan fingerprint density at radius 2 is 1.44 bits per heavy atom. The number of tetrazole rings is 1. The molecule has 0 bridgehead atoms. The van der Waals surface area contributed by atoms with Crippen LogP contribution in [0.15, 0.2) is 30.3 Å². The summed E-state index contributed by atoms with van der Waals surface area (Å²) in [5.41, 5.74) is -3.90. The molecule has 1 fully saturated rings. The maximum atomic E-state index is 14.2. The van der Waals surface area contributed by atoms with Crippen molar-refractivity contribution in [2.75, 3.05) is 29.5 Å². The number of rotatable bonds is 12. The van der Waals surface area contributed by atoms with Crippen molar-refractivity contribution in [3.63, 3.8) is 0 Å². The van der Waals surface area contributed by atoms with E-state index in [4.69, 9.17) is 4.74 Å². The van der Waals surface area contributed by atoms with Gasteiger partial charge in [0.1, 0.15) is 0 Å². The summed E-state index contributed by atoms with van der Waals surface area (Å²) in [4.78, 5) is 16.1. The number of ether oxygens (including phenoxy) is 1. The summed E-state index contributed by atoms with van der Waals surface area (Å²) in [7, 11) is 1.39. The van der Waals surface area contributed by atoms with Crippen LogP contribution in [-0.4, -0.2) is 45.9 Å². The molecule has 4 rings (SSSR count). The number of aromatic nitrogens is 4. The molecule has 0 radical (unpaired) electrons. The van der Waals surface area contributed by atoms with Gasteiger partial charge in [-0.2, -0.15) is 44.3 Å². The van der Waals surface area contributed by atoms with E-state index in [-0.39, 0.29) is 40.9 Å². The second kappa shape index (κ2) is 15.5. The van der Waals surface area contributed by atoms with E-state index in [1.54, 1.807) is 6.92 Å². The Morgan fingerprint density at radius 1 is 0.840 bits per heavy atom. The quantitative estimate of drug-likeness (QED) is 0.137. The molecule has 1 aliphatic carbocycles. The minimum atomic E-state index is -5.10. The van der Waals surface area contributed by atoms with Crippen molar-refractivity contribution in [1.29, 1.82) is 0 Å². The van der Waals surface area contributed by atoms with Crippen molar-refractivity contribution in [2.45, 2.75) is 84.5 Å². The van der Waals surface area contributed by atoms with Crippen LogP contribution in [0, 0.1) is 18.8 Å². The molecule has 50 heavy (non-hydrogen) atoms. The SMILES string of the molecule is CCOC(=O)CC1CCC(CN(CC)c2cc(C)c(C(F)(F)F)cc2CN(Cc2cc(C(F)(F)F)cc(C(F)(F)F)c2)c2nnn(C)n2)CC1. The third-order valence-electron chi connectivity index (χ3n) is 8.82. The van der Waals surface area contributed by atoms with Gasteiger partial charge in [-0.1, -0.05) is 5.10 Å². The van der Waals surface area contributed by atoms with Crippen LogP contribution < -0.4 is 9.80 Å². The molecule has 0 amide bonds. The predicted octanol–water partition coefficient (Wildman–Crippen LogP) is 8.37. The molecule has 2 aromatic carbocycles. The Balaban J connectivity index is 1.71. The minimum Gasteiger partial charge on any atom is -0.466 e. The van der Waals surface area contributed by atoms with Gasteiger partial charge in [0.25, 0.3) is 5.95 Å². The van der Waals surface area contributed by atoms with Crippen molar-refractivity contribution in [3.05, 3.63) is 63.7 Å². The lowest BCUT2D eigenvalue weighted by atomic mass is 9.80. The van der Waals surface area contributed by atoms with Crippen LogP contribution in [0.1, 0.15) is 79.3 Å².